The molecule has 0 radical (unpaired) electrons. The molecule has 2 aliphatic rings. The van der Waals surface area contributed by atoms with Crippen LogP contribution in [0.5, 0.6) is 5.75 Å². The molecule has 34 heavy (non-hydrogen) atoms. The van der Waals surface area contributed by atoms with E-state index in [-0.39, 0.29) is 18.9 Å². The Labute approximate surface area is 195 Å². The van der Waals surface area contributed by atoms with Crippen LogP contribution in [-0.2, 0) is 23.2 Å². The van der Waals surface area contributed by atoms with E-state index in [1.807, 2.05) is 25.4 Å². The van der Waals surface area contributed by atoms with E-state index >= 15 is 0 Å². The molecule has 3 aromatic rings. The molecule has 0 saturated carbocycles. The zero-order chi connectivity index (χ0) is 23.9. The molecule has 1 atom stereocenters. The Morgan fingerprint density at radius 1 is 1.18 bits per heavy atom. The Balaban J connectivity index is 1.41. The molecule has 0 spiro atoms. The van der Waals surface area contributed by atoms with Gasteiger partial charge in [0, 0.05) is 49.2 Å². The minimum absolute atomic E-state index is 0.00853. The lowest BCUT2D eigenvalue weighted by Gasteiger charge is -2.25. The highest BCUT2D eigenvalue weighted by atomic mass is 16.5. The van der Waals surface area contributed by atoms with Gasteiger partial charge < -0.3 is 9.64 Å². The second-order valence-corrected chi connectivity index (χ2v) is 8.41. The minimum atomic E-state index is -1.33. The fourth-order valence-corrected chi connectivity index (χ4v) is 4.22. The summed E-state index contributed by atoms with van der Waals surface area (Å²) in [6, 6.07) is 8.93. The maximum absolute atomic E-state index is 13.0. The molecule has 4 heterocycles. The standard InChI is InChI=1S/C25H21N5O4/c1-29-13-18(12-27-29)21-6-3-16(11-26-21)7-8-25(10-22(31)28-24(25)33)15-30-14-17-4-5-19(34-2)9-20(17)23(30)32/h3-6,9,11-13H,10,14-15H2,1-2H3,(H,28,31,33)/t25-/m1/s1. The number of pyridine rings is 1. The highest BCUT2D eigenvalue weighted by Gasteiger charge is 2.48. The summed E-state index contributed by atoms with van der Waals surface area (Å²) in [5.74, 6) is 5.44. The molecule has 9 heteroatoms. The van der Waals surface area contributed by atoms with E-state index in [2.05, 4.69) is 27.2 Å². The van der Waals surface area contributed by atoms with Gasteiger partial charge in [-0.15, -0.1) is 0 Å². The third-order valence-electron chi connectivity index (χ3n) is 6.02. The normalized spacial score (nSPS) is 19.0. The SMILES string of the molecule is COc1ccc2c(c1)C(=O)N(C[C@@]1(C#Cc3ccc(-c4cnn(C)c4)nc3)CC(=O)NC1=O)C2. The van der Waals surface area contributed by atoms with Gasteiger partial charge in [0.25, 0.3) is 5.91 Å². The van der Waals surface area contributed by atoms with Crippen LogP contribution in [-0.4, -0.2) is 51.0 Å². The second kappa shape index (κ2) is 8.15. The Morgan fingerprint density at radius 2 is 2.03 bits per heavy atom. The summed E-state index contributed by atoms with van der Waals surface area (Å²) in [4.78, 5) is 43.9. The maximum Gasteiger partial charge on any atom is 0.254 e. The van der Waals surface area contributed by atoms with Crippen LogP contribution in [0.1, 0.15) is 27.9 Å². The number of aryl methyl sites for hydroxylation is 1. The highest BCUT2D eigenvalue weighted by molar-refractivity contribution is 6.08. The predicted molar refractivity (Wildman–Crippen MR) is 121 cm³/mol. The zero-order valence-electron chi connectivity index (χ0n) is 18.7. The second-order valence-electron chi connectivity index (χ2n) is 8.41. The molecule has 0 aliphatic carbocycles. The van der Waals surface area contributed by atoms with Gasteiger partial charge in [-0.3, -0.25) is 29.4 Å². The monoisotopic (exact) mass is 455 g/mol. The van der Waals surface area contributed by atoms with E-state index in [4.69, 9.17) is 4.74 Å². The number of benzene rings is 1. The number of ether oxygens (including phenoxy) is 1. The number of carbonyl (C=O) groups excluding carboxylic acids is 3. The van der Waals surface area contributed by atoms with Crippen molar-refractivity contribution in [1.29, 1.82) is 0 Å². The van der Waals surface area contributed by atoms with Crippen LogP contribution < -0.4 is 10.1 Å². The smallest absolute Gasteiger partial charge is 0.254 e. The van der Waals surface area contributed by atoms with E-state index in [1.165, 1.54) is 7.11 Å². The summed E-state index contributed by atoms with van der Waals surface area (Å²) < 4.78 is 6.91. The van der Waals surface area contributed by atoms with Crippen LogP contribution in [0.3, 0.4) is 0 Å². The lowest BCUT2D eigenvalue weighted by atomic mass is 9.85. The van der Waals surface area contributed by atoms with E-state index in [1.54, 1.807) is 40.2 Å². The van der Waals surface area contributed by atoms with Gasteiger partial charge in [0.2, 0.25) is 11.8 Å². The van der Waals surface area contributed by atoms with Crippen LogP contribution in [0.15, 0.2) is 48.9 Å². The maximum atomic E-state index is 13.0. The van der Waals surface area contributed by atoms with Gasteiger partial charge in [-0.1, -0.05) is 17.9 Å². The highest BCUT2D eigenvalue weighted by Crippen LogP contribution is 2.33. The van der Waals surface area contributed by atoms with Gasteiger partial charge >= 0.3 is 0 Å². The predicted octanol–water partition coefficient (Wildman–Crippen LogP) is 1.53. The average molecular weight is 455 g/mol. The number of amides is 3. The van der Waals surface area contributed by atoms with Crippen LogP contribution >= 0.6 is 0 Å². The fraction of sp³-hybridized carbons (Fsp3) is 0.240. The molecular weight excluding hydrogens is 434 g/mol. The van der Waals surface area contributed by atoms with E-state index in [9.17, 15) is 14.4 Å². The molecule has 1 aromatic carbocycles. The Bertz CT molecular complexity index is 1380. The summed E-state index contributed by atoms with van der Waals surface area (Å²) in [6.45, 7) is 0.346. The van der Waals surface area contributed by atoms with Gasteiger partial charge in [-0.2, -0.15) is 5.10 Å². The average Bonchev–Trinajstić information content (AvgIpc) is 3.48. The van der Waals surface area contributed by atoms with Crippen molar-refractivity contribution < 1.29 is 19.1 Å². The summed E-state index contributed by atoms with van der Waals surface area (Å²) in [7, 11) is 3.37. The van der Waals surface area contributed by atoms with Crippen molar-refractivity contribution in [1.82, 2.24) is 25.0 Å². The zero-order valence-corrected chi connectivity index (χ0v) is 18.7. The quantitative estimate of drug-likeness (QED) is 0.472. The fourth-order valence-electron chi connectivity index (χ4n) is 4.22. The lowest BCUT2D eigenvalue weighted by Crippen LogP contribution is -2.42. The first kappa shape index (κ1) is 21.4. The Morgan fingerprint density at radius 3 is 2.68 bits per heavy atom. The van der Waals surface area contributed by atoms with Crippen LogP contribution in [0.2, 0.25) is 0 Å². The largest absolute Gasteiger partial charge is 0.497 e. The number of nitrogens with zero attached hydrogens (tertiary/aromatic N) is 4. The van der Waals surface area contributed by atoms with E-state index in [0.717, 1.165) is 16.8 Å². The number of nitrogens with one attached hydrogen (secondary N) is 1. The third kappa shape index (κ3) is 3.79. The molecule has 1 fully saturated rings. The van der Waals surface area contributed by atoms with Gasteiger partial charge in [0.1, 0.15) is 11.2 Å². The summed E-state index contributed by atoms with van der Waals surface area (Å²) in [6.07, 6.45) is 5.08. The number of hydrogen-bond donors (Lipinski definition) is 1. The number of imide groups is 1. The van der Waals surface area contributed by atoms with Crippen LogP contribution in [0.25, 0.3) is 11.3 Å². The number of rotatable bonds is 4. The molecule has 2 aliphatic heterocycles. The molecule has 1 N–H and O–H groups in total. The topological polar surface area (TPSA) is 106 Å². The Kier molecular flexibility index (Phi) is 5.13. The summed E-state index contributed by atoms with van der Waals surface area (Å²) >= 11 is 0. The third-order valence-corrected chi connectivity index (χ3v) is 6.02. The first-order chi connectivity index (χ1) is 16.4. The van der Waals surface area contributed by atoms with Gasteiger partial charge in [-0.25, -0.2) is 0 Å². The van der Waals surface area contributed by atoms with Gasteiger partial charge in [0.05, 0.1) is 25.4 Å². The van der Waals surface area contributed by atoms with Crippen molar-refractivity contribution >= 4 is 17.7 Å². The van der Waals surface area contributed by atoms with Crippen molar-refractivity contribution in [3.8, 4) is 28.8 Å². The molecule has 1 saturated heterocycles. The van der Waals surface area contributed by atoms with E-state index in [0.29, 0.717) is 23.4 Å². The first-order valence-corrected chi connectivity index (χ1v) is 10.7. The van der Waals surface area contributed by atoms with Crippen molar-refractivity contribution in [3.05, 3.63) is 65.6 Å². The van der Waals surface area contributed by atoms with Crippen LogP contribution in [0.4, 0.5) is 0 Å². The molecule has 2 aromatic heterocycles. The van der Waals surface area contributed by atoms with Crippen molar-refractivity contribution in [2.24, 2.45) is 12.5 Å². The number of methoxy groups -OCH3 is 1. The van der Waals surface area contributed by atoms with Crippen LogP contribution in [0, 0.1) is 17.3 Å². The number of carbonyl (C=O) groups is 3. The number of aromatic nitrogens is 3. The molecular formula is C25H21N5O4. The molecule has 0 bridgehead atoms. The lowest BCUT2D eigenvalue weighted by molar-refractivity contribution is -0.127. The Hall–Kier alpha value is -4.45. The summed E-state index contributed by atoms with van der Waals surface area (Å²) in [5, 5.41) is 6.48. The first-order valence-electron chi connectivity index (χ1n) is 10.7. The van der Waals surface area contributed by atoms with Crippen molar-refractivity contribution in [3.63, 3.8) is 0 Å². The van der Waals surface area contributed by atoms with Crippen molar-refractivity contribution in [2.45, 2.75) is 13.0 Å². The number of fused-ring (bicyclic) bond motifs is 1. The number of hydrogen-bond acceptors (Lipinski definition) is 6. The minimum Gasteiger partial charge on any atom is -0.497 e. The van der Waals surface area contributed by atoms with Crippen molar-refractivity contribution in [2.75, 3.05) is 13.7 Å². The molecule has 9 nitrogen and oxygen atoms in total. The van der Waals surface area contributed by atoms with E-state index < -0.39 is 17.2 Å². The summed E-state index contributed by atoms with van der Waals surface area (Å²) in [5.41, 5.74) is 2.26. The molecule has 0 unspecified atom stereocenters. The molecule has 5 rings (SSSR count). The molecule has 170 valence electrons. The van der Waals surface area contributed by atoms with Gasteiger partial charge in [0.15, 0.2) is 0 Å². The molecule has 3 amide bonds. The van der Waals surface area contributed by atoms with Gasteiger partial charge in [-0.05, 0) is 29.8 Å².